The molecule has 0 aliphatic heterocycles. The lowest BCUT2D eigenvalue weighted by Crippen LogP contribution is -2.11. The van der Waals surface area contributed by atoms with Crippen molar-refractivity contribution >= 4 is 33.1 Å². The van der Waals surface area contributed by atoms with Crippen molar-refractivity contribution in [3.63, 3.8) is 0 Å². The van der Waals surface area contributed by atoms with E-state index >= 15 is 0 Å². The van der Waals surface area contributed by atoms with Gasteiger partial charge in [-0.15, -0.1) is 11.3 Å². The van der Waals surface area contributed by atoms with Crippen molar-refractivity contribution in [1.29, 1.82) is 0 Å². The largest absolute Gasteiger partial charge is 0.495 e. The summed E-state index contributed by atoms with van der Waals surface area (Å²) >= 11 is 1.50. The van der Waals surface area contributed by atoms with Crippen molar-refractivity contribution in [3.8, 4) is 11.4 Å². The Labute approximate surface area is 148 Å². The van der Waals surface area contributed by atoms with E-state index in [1.54, 1.807) is 13.2 Å². The molecule has 25 heavy (non-hydrogen) atoms. The SMILES string of the molecule is COc1csc2c1c(=O)cc(Nc1ccccc1)n2-c1ccccc1. The number of hydrogen-bond acceptors (Lipinski definition) is 4. The van der Waals surface area contributed by atoms with Crippen LogP contribution in [0.15, 0.2) is 76.9 Å². The van der Waals surface area contributed by atoms with Gasteiger partial charge in [-0.25, -0.2) is 0 Å². The standard InChI is InChI=1S/C20H16N2O2S/c1-24-17-13-25-20-19(17)16(23)12-18(21-14-8-4-2-5-9-14)22(20)15-10-6-3-7-11-15/h2-13,21H,1H3. The Balaban J connectivity index is 2.00. The molecule has 0 aliphatic carbocycles. The number of thiophene rings is 1. The fourth-order valence-corrected chi connectivity index (χ4v) is 3.90. The Hall–Kier alpha value is -3.05. The molecule has 0 fully saturated rings. The second kappa shape index (κ2) is 6.45. The van der Waals surface area contributed by atoms with Crippen LogP contribution in [0.5, 0.6) is 5.75 Å². The fraction of sp³-hybridized carbons (Fsp3) is 0.0500. The summed E-state index contributed by atoms with van der Waals surface area (Å²) in [5, 5.41) is 5.84. The number of benzene rings is 2. The van der Waals surface area contributed by atoms with Crippen LogP contribution in [-0.2, 0) is 0 Å². The van der Waals surface area contributed by atoms with Crippen LogP contribution >= 0.6 is 11.3 Å². The van der Waals surface area contributed by atoms with Crippen LogP contribution in [0, 0.1) is 0 Å². The Bertz CT molecular complexity index is 1070. The van der Waals surface area contributed by atoms with Crippen molar-refractivity contribution in [1.82, 2.24) is 4.57 Å². The van der Waals surface area contributed by atoms with E-state index in [2.05, 4.69) is 9.88 Å². The summed E-state index contributed by atoms with van der Waals surface area (Å²) in [6.45, 7) is 0. The molecule has 0 bridgehead atoms. The molecule has 2 heterocycles. The van der Waals surface area contributed by atoms with E-state index in [4.69, 9.17) is 4.74 Å². The van der Waals surface area contributed by atoms with Crippen LogP contribution in [0.2, 0.25) is 0 Å². The van der Waals surface area contributed by atoms with E-state index in [1.807, 2.05) is 66.0 Å². The highest BCUT2D eigenvalue weighted by molar-refractivity contribution is 7.17. The molecule has 0 atom stereocenters. The highest BCUT2D eigenvalue weighted by Crippen LogP contribution is 2.34. The molecule has 4 rings (SSSR count). The molecule has 0 saturated heterocycles. The molecule has 5 heteroatoms. The molecule has 0 amide bonds. The lowest BCUT2D eigenvalue weighted by atomic mass is 10.2. The van der Waals surface area contributed by atoms with Crippen molar-refractivity contribution < 1.29 is 4.74 Å². The van der Waals surface area contributed by atoms with Gasteiger partial charge in [-0.1, -0.05) is 36.4 Å². The summed E-state index contributed by atoms with van der Waals surface area (Å²) in [7, 11) is 1.59. The third-order valence-corrected chi connectivity index (χ3v) is 4.92. The quantitative estimate of drug-likeness (QED) is 0.576. The second-order valence-electron chi connectivity index (χ2n) is 5.54. The Kier molecular flexibility index (Phi) is 3.99. The van der Waals surface area contributed by atoms with Crippen LogP contribution in [0.3, 0.4) is 0 Å². The van der Waals surface area contributed by atoms with Crippen molar-refractivity contribution in [3.05, 3.63) is 82.3 Å². The lowest BCUT2D eigenvalue weighted by Gasteiger charge is -2.16. The zero-order valence-electron chi connectivity index (χ0n) is 13.6. The summed E-state index contributed by atoms with van der Waals surface area (Å²) in [4.78, 5) is 13.5. The molecular formula is C20H16N2O2S. The molecular weight excluding hydrogens is 332 g/mol. The molecule has 0 saturated carbocycles. The van der Waals surface area contributed by atoms with E-state index in [0.717, 1.165) is 22.0 Å². The number of nitrogens with zero attached hydrogens (tertiary/aromatic N) is 1. The van der Waals surface area contributed by atoms with Gasteiger partial charge in [-0.2, -0.15) is 0 Å². The number of methoxy groups -OCH3 is 1. The fourth-order valence-electron chi connectivity index (χ4n) is 2.84. The van der Waals surface area contributed by atoms with E-state index in [1.165, 1.54) is 11.3 Å². The number of para-hydroxylation sites is 2. The van der Waals surface area contributed by atoms with Gasteiger partial charge in [0.2, 0.25) is 0 Å². The predicted molar refractivity (Wildman–Crippen MR) is 104 cm³/mol. The normalized spacial score (nSPS) is 10.8. The number of aromatic nitrogens is 1. The minimum Gasteiger partial charge on any atom is -0.495 e. The van der Waals surface area contributed by atoms with Crippen LogP contribution in [0.25, 0.3) is 15.9 Å². The van der Waals surface area contributed by atoms with E-state index in [-0.39, 0.29) is 5.43 Å². The minimum absolute atomic E-state index is 0.0567. The van der Waals surface area contributed by atoms with Crippen LogP contribution in [0.4, 0.5) is 11.5 Å². The molecule has 0 spiro atoms. The number of ether oxygens (including phenoxy) is 1. The van der Waals surface area contributed by atoms with Gasteiger partial charge in [0.05, 0.1) is 12.5 Å². The maximum absolute atomic E-state index is 12.7. The van der Waals surface area contributed by atoms with Crippen LogP contribution < -0.4 is 15.5 Å². The number of hydrogen-bond donors (Lipinski definition) is 1. The van der Waals surface area contributed by atoms with Gasteiger partial charge in [0, 0.05) is 22.8 Å². The maximum atomic E-state index is 12.7. The van der Waals surface area contributed by atoms with Crippen LogP contribution in [-0.4, -0.2) is 11.7 Å². The minimum atomic E-state index is -0.0567. The summed E-state index contributed by atoms with van der Waals surface area (Å²) in [5.41, 5.74) is 1.85. The first-order valence-corrected chi connectivity index (χ1v) is 8.74. The highest BCUT2D eigenvalue weighted by Gasteiger charge is 2.16. The van der Waals surface area contributed by atoms with Crippen molar-refractivity contribution in [2.75, 3.05) is 12.4 Å². The smallest absolute Gasteiger partial charge is 0.196 e. The van der Waals surface area contributed by atoms with E-state index in [9.17, 15) is 4.79 Å². The monoisotopic (exact) mass is 348 g/mol. The van der Waals surface area contributed by atoms with Gasteiger partial charge in [-0.3, -0.25) is 9.36 Å². The number of pyridine rings is 1. The average Bonchev–Trinajstić information content (AvgIpc) is 3.08. The summed E-state index contributed by atoms with van der Waals surface area (Å²) in [6, 6.07) is 21.4. The number of rotatable bonds is 4. The van der Waals surface area contributed by atoms with Crippen molar-refractivity contribution in [2.24, 2.45) is 0 Å². The van der Waals surface area contributed by atoms with Gasteiger partial charge in [0.15, 0.2) is 5.43 Å². The Morgan fingerprint density at radius 1 is 1.00 bits per heavy atom. The van der Waals surface area contributed by atoms with E-state index in [0.29, 0.717) is 11.1 Å². The second-order valence-corrected chi connectivity index (χ2v) is 6.40. The van der Waals surface area contributed by atoms with Gasteiger partial charge in [0.25, 0.3) is 0 Å². The molecule has 0 unspecified atom stereocenters. The maximum Gasteiger partial charge on any atom is 0.196 e. The molecule has 0 radical (unpaired) electrons. The topological polar surface area (TPSA) is 43.3 Å². The molecule has 0 aliphatic rings. The summed E-state index contributed by atoms with van der Waals surface area (Å²) in [6.07, 6.45) is 0. The molecule has 4 aromatic rings. The molecule has 124 valence electrons. The summed E-state index contributed by atoms with van der Waals surface area (Å²) in [5.74, 6) is 1.33. The molecule has 1 N–H and O–H groups in total. The van der Waals surface area contributed by atoms with Gasteiger partial charge >= 0.3 is 0 Å². The van der Waals surface area contributed by atoms with Gasteiger partial charge < -0.3 is 10.1 Å². The number of fused-ring (bicyclic) bond motifs is 1. The first-order chi connectivity index (χ1) is 12.3. The molecule has 2 aromatic heterocycles. The Morgan fingerprint density at radius 2 is 1.68 bits per heavy atom. The summed E-state index contributed by atoms with van der Waals surface area (Å²) < 4.78 is 7.43. The predicted octanol–water partition coefficient (Wildman–Crippen LogP) is 4.80. The lowest BCUT2D eigenvalue weighted by molar-refractivity contribution is 0.421. The third-order valence-electron chi connectivity index (χ3n) is 3.98. The number of nitrogens with one attached hydrogen (secondary N) is 1. The zero-order chi connectivity index (χ0) is 17.2. The first-order valence-electron chi connectivity index (χ1n) is 7.86. The highest BCUT2D eigenvalue weighted by atomic mass is 32.1. The zero-order valence-corrected chi connectivity index (χ0v) is 14.4. The molecule has 2 aromatic carbocycles. The number of anilines is 2. The van der Waals surface area contributed by atoms with Gasteiger partial charge in [0.1, 0.15) is 16.4 Å². The van der Waals surface area contributed by atoms with E-state index < -0.39 is 0 Å². The first kappa shape index (κ1) is 15.5. The average molecular weight is 348 g/mol. The Morgan fingerprint density at radius 3 is 2.36 bits per heavy atom. The van der Waals surface area contributed by atoms with Gasteiger partial charge in [-0.05, 0) is 24.3 Å². The third kappa shape index (κ3) is 2.79. The molecule has 4 nitrogen and oxygen atoms in total. The van der Waals surface area contributed by atoms with Crippen molar-refractivity contribution in [2.45, 2.75) is 0 Å². The van der Waals surface area contributed by atoms with Crippen LogP contribution in [0.1, 0.15) is 0 Å².